The number of rotatable bonds is 2. The van der Waals surface area contributed by atoms with Crippen molar-refractivity contribution >= 4 is 23.6 Å². The SMILES string of the molecule is C[C@@H]1CCCCN1C(=O)[C@@H]1CSCN1C(=O)c1ccccc1. The lowest BCUT2D eigenvalue weighted by Crippen LogP contribution is -2.52. The minimum Gasteiger partial charge on any atom is -0.338 e. The molecule has 0 aromatic heterocycles. The van der Waals surface area contributed by atoms with Crippen LogP contribution in [0.1, 0.15) is 36.5 Å². The van der Waals surface area contributed by atoms with E-state index in [-0.39, 0.29) is 17.9 Å². The van der Waals surface area contributed by atoms with E-state index in [1.165, 1.54) is 6.42 Å². The topological polar surface area (TPSA) is 40.6 Å². The number of hydrogen-bond donors (Lipinski definition) is 0. The molecule has 5 heteroatoms. The third-order valence-corrected chi connectivity index (χ3v) is 5.55. The molecule has 3 rings (SSSR count). The molecule has 118 valence electrons. The fraction of sp³-hybridized carbons (Fsp3) is 0.529. The minimum atomic E-state index is -0.307. The quantitative estimate of drug-likeness (QED) is 0.841. The highest BCUT2D eigenvalue weighted by molar-refractivity contribution is 7.99. The van der Waals surface area contributed by atoms with Crippen molar-refractivity contribution in [1.29, 1.82) is 0 Å². The molecule has 0 aliphatic carbocycles. The predicted octanol–water partition coefficient (Wildman–Crippen LogP) is 2.60. The van der Waals surface area contributed by atoms with E-state index in [1.54, 1.807) is 16.7 Å². The van der Waals surface area contributed by atoms with Gasteiger partial charge in [-0.2, -0.15) is 0 Å². The highest BCUT2D eigenvalue weighted by Crippen LogP contribution is 2.27. The normalized spacial score (nSPS) is 25.3. The Bertz CT molecular complexity index is 549. The van der Waals surface area contributed by atoms with Crippen LogP contribution in [0.4, 0.5) is 0 Å². The molecule has 1 aromatic carbocycles. The molecule has 2 heterocycles. The third kappa shape index (κ3) is 3.00. The molecule has 22 heavy (non-hydrogen) atoms. The van der Waals surface area contributed by atoms with E-state index in [9.17, 15) is 9.59 Å². The van der Waals surface area contributed by atoms with Gasteiger partial charge in [0.15, 0.2) is 0 Å². The summed E-state index contributed by atoms with van der Waals surface area (Å²) in [6, 6.07) is 9.24. The fourth-order valence-electron chi connectivity index (χ4n) is 3.21. The summed E-state index contributed by atoms with van der Waals surface area (Å²) in [6.45, 7) is 2.94. The molecule has 2 atom stereocenters. The highest BCUT2D eigenvalue weighted by Gasteiger charge is 2.38. The molecule has 2 fully saturated rings. The number of benzene rings is 1. The summed E-state index contributed by atoms with van der Waals surface area (Å²) in [4.78, 5) is 29.3. The van der Waals surface area contributed by atoms with Gasteiger partial charge in [-0.15, -0.1) is 11.8 Å². The lowest BCUT2D eigenvalue weighted by atomic mass is 10.0. The zero-order valence-electron chi connectivity index (χ0n) is 12.9. The van der Waals surface area contributed by atoms with Crippen LogP contribution in [0.5, 0.6) is 0 Å². The first-order valence-electron chi connectivity index (χ1n) is 7.92. The van der Waals surface area contributed by atoms with Gasteiger partial charge >= 0.3 is 0 Å². The van der Waals surface area contributed by atoms with Crippen LogP contribution in [0.3, 0.4) is 0 Å². The smallest absolute Gasteiger partial charge is 0.255 e. The zero-order chi connectivity index (χ0) is 15.5. The Kier molecular flexibility index (Phi) is 4.71. The Hall–Kier alpha value is -1.49. The van der Waals surface area contributed by atoms with Gasteiger partial charge in [0.05, 0.1) is 5.88 Å². The second kappa shape index (κ2) is 6.73. The molecule has 1 aromatic rings. The summed E-state index contributed by atoms with van der Waals surface area (Å²) in [5.74, 6) is 1.41. The van der Waals surface area contributed by atoms with Crippen molar-refractivity contribution in [3.63, 3.8) is 0 Å². The summed E-state index contributed by atoms with van der Waals surface area (Å²) in [6.07, 6.45) is 3.33. The average molecular weight is 318 g/mol. The fourth-order valence-corrected chi connectivity index (χ4v) is 4.36. The van der Waals surface area contributed by atoms with Gasteiger partial charge in [0, 0.05) is 23.9 Å². The predicted molar refractivity (Wildman–Crippen MR) is 88.8 cm³/mol. The average Bonchev–Trinajstić information content (AvgIpc) is 3.04. The molecular weight excluding hydrogens is 296 g/mol. The van der Waals surface area contributed by atoms with Gasteiger partial charge in [0.2, 0.25) is 5.91 Å². The third-order valence-electron chi connectivity index (χ3n) is 4.54. The van der Waals surface area contributed by atoms with Crippen molar-refractivity contribution in [2.45, 2.75) is 38.3 Å². The molecule has 4 nitrogen and oxygen atoms in total. The van der Waals surface area contributed by atoms with Gasteiger partial charge in [-0.3, -0.25) is 9.59 Å². The molecule has 0 N–H and O–H groups in total. The molecule has 0 unspecified atom stereocenters. The summed E-state index contributed by atoms with van der Waals surface area (Å²) in [5.41, 5.74) is 0.662. The van der Waals surface area contributed by atoms with Crippen molar-refractivity contribution < 1.29 is 9.59 Å². The first-order chi connectivity index (χ1) is 10.7. The number of carbonyl (C=O) groups is 2. The molecular formula is C17H22N2O2S. The van der Waals surface area contributed by atoms with Crippen molar-refractivity contribution in [3.8, 4) is 0 Å². The number of hydrogen-bond acceptors (Lipinski definition) is 3. The summed E-state index contributed by atoms with van der Waals surface area (Å²) in [5, 5.41) is 0. The van der Waals surface area contributed by atoms with E-state index < -0.39 is 0 Å². The summed E-state index contributed by atoms with van der Waals surface area (Å²) >= 11 is 1.66. The molecule has 2 saturated heterocycles. The molecule has 0 bridgehead atoms. The monoisotopic (exact) mass is 318 g/mol. The van der Waals surface area contributed by atoms with Crippen molar-refractivity contribution in [2.75, 3.05) is 18.2 Å². The Balaban J connectivity index is 1.75. The second-order valence-electron chi connectivity index (χ2n) is 6.03. The molecule has 0 saturated carbocycles. The molecule has 0 spiro atoms. The van der Waals surface area contributed by atoms with Crippen LogP contribution in [-0.2, 0) is 4.79 Å². The van der Waals surface area contributed by atoms with Crippen LogP contribution < -0.4 is 0 Å². The lowest BCUT2D eigenvalue weighted by Gasteiger charge is -2.36. The van der Waals surface area contributed by atoms with E-state index in [4.69, 9.17) is 0 Å². The van der Waals surface area contributed by atoms with Crippen LogP contribution in [0.2, 0.25) is 0 Å². The van der Waals surface area contributed by atoms with Crippen LogP contribution in [0, 0.1) is 0 Å². The minimum absolute atomic E-state index is 0.0337. The standard InChI is InChI=1S/C17H22N2O2S/c1-13-7-5-6-10-18(13)17(21)15-11-22-12-19(15)16(20)14-8-3-2-4-9-14/h2-4,8-9,13,15H,5-7,10-12H2,1H3/t13-,15+/m1/s1. The van der Waals surface area contributed by atoms with E-state index in [0.717, 1.165) is 19.4 Å². The Morgan fingerprint density at radius 2 is 1.91 bits per heavy atom. The van der Waals surface area contributed by atoms with Gasteiger partial charge in [-0.1, -0.05) is 18.2 Å². The van der Waals surface area contributed by atoms with Crippen LogP contribution in [-0.4, -0.2) is 51.9 Å². The maximum atomic E-state index is 12.9. The summed E-state index contributed by atoms with van der Waals surface area (Å²) < 4.78 is 0. The Morgan fingerprint density at radius 3 is 2.64 bits per heavy atom. The lowest BCUT2D eigenvalue weighted by molar-refractivity contribution is -0.138. The van der Waals surface area contributed by atoms with E-state index in [1.807, 2.05) is 35.2 Å². The largest absolute Gasteiger partial charge is 0.338 e. The number of nitrogens with zero attached hydrogens (tertiary/aromatic N) is 2. The van der Waals surface area contributed by atoms with Gasteiger partial charge in [0.1, 0.15) is 6.04 Å². The molecule has 2 aliphatic rings. The van der Waals surface area contributed by atoms with Crippen molar-refractivity contribution in [1.82, 2.24) is 9.80 Å². The number of carbonyl (C=O) groups excluding carboxylic acids is 2. The number of amides is 2. The Labute approximate surface area is 135 Å². The second-order valence-corrected chi connectivity index (χ2v) is 7.03. The maximum absolute atomic E-state index is 12.9. The number of thioether (sulfide) groups is 1. The first-order valence-corrected chi connectivity index (χ1v) is 9.08. The van der Waals surface area contributed by atoms with E-state index in [0.29, 0.717) is 23.2 Å². The van der Waals surface area contributed by atoms with Crippen LogP contribution >= 0.6 is 11.8 Å². The maximum Gasteiger partial charge on any atom is 0.255 e. The van der Waals surface area contributed by atoms with Crippen LogP contribution in [0.15, 0.2) is 30.3 Å². The van der Waals surface area contributed by atoms with Gasteiger partial charge in [-0.25, -0.2) is 0 Å². The highest BCUT2D eigenvalue weighted by atomic mass is 32.2. The van der Waals surface area contributed by atoms with Crippen molar-refractivity contribution in [2.24, 2.45) is 0 Å². The van der Waals surface area contributed by atoms with Gasteiger partial charge in [0.25, 0.3) is 5.91 Å². The van der Waals surface area contributed by atoms with Gasteiger partial charge < -0.3 is 9.80 Å². The number of likely N-dealkylation sites (tertiary alicyclic amines) is 1. The molecule has 0 radical (unpaired) electrons. The van der Waals surface area contributed by atoms with E-state index >= 15 is 0 Å². The van der Waals surface area contributed by atoms with Crippen molar-refractivity contribution in [3.05, 3.63) is 35.9 Å². The molecule has 2 aliphatic heterocycles. The van der Waals surface area contributed by atoms with Crippen LogP contribution in [0.25, 0.3) is 0 Å². The first kappa shape index (κ1) is 15.4. The molecule has 2 amide bonds. The van der Waals surface area contributed by atoms with E-state index in [2.05, 4.69) is 6.92 Å². The van der Waals surface area contributed by atoms with Gasteiger partial charge in [-0.05, 0) is 38.3 Å². The zero-order valence-corrected chi connectivity index (χ0v) is 13.7. The Morgan fingerprint density at radius 1 is 1.14 bits per heavy atom. The number of piperidine rings is 1. The summed E-state index contributed by atoms with van der Waals surface area (Å²) in [7, 11) is 0.